The molecule has 0 aromatic carbocycles. The summed E-state index contributed by atoms with van der Waals surface area (Å²) >= 11 is 0. The molecule has 1 atom stereocenters. The molecule has 0 N–H and O–H groups in total. The number of aromatic nitrogens is 3. The third-order valence-electron chi connectivity index (χ3n) is 3.21. The molecule has 17 heavy (non-hydrogen) atoms. The van der Waals surface area contributed by atoms with Gasteiger partial charge in [-0.2, -0.15) is 4.98 Å². The zero-order valence-corrected chi connectivity index (χ0v) is 9.59. The Hall–Kier alpha value is -1.91. The first-order valence-electron chi connectivity index (χ1n) is 5.68. The van der Waals surface area contributed by atoms with Crippen LogP contribution in [-0.2, 0) is 5.41 Å². The van der Waals surface area contributed by atoms with Crippen LogP contribution in [0.15, 0.2) is 33.5 Å². The maximum absolute atomic E-state index is 5.35. The van der Waals surface area contributed by atoms with E-state index < -0.39 is 0 Å². The number of allylic oxidation sites excluding steroid dienone is 2. The molecular weight excluding hydrogens is 218 g/mol. The topological polar surface area (TPSA) is 65.0 Å². The Morgan fingerprint density at radius 2 is 2.24 bits per heavy atom. The van der Waals surface area contributed by atoms with E-state index in [1.165, 1.54) is 6.26 Å². The molecule has 0 spiro atoms. The van der Waals surface area contributed by atoms with Crippen LogP contribution in [0.3, 0.4) is 0 Å². The standard InChI is InChI=1S/C12H13N3O2/c1-12(6-3-2-4-7-12)11-13-10(15-17-11)9-5-8-16-14-9/h2-3,5,8H,4,6-7H2,1H3. The third kappa shape index (κ3) is 1.77. The fraction of sp³-hybridized carbons (Fsp3) is 0.417. The lowest BCUT2D eigenvalue weighted by atomic mass is 9.79. The highest BCUT2D eigenvalue weighted by molar-refractivity contribution is 5.46. The van der Waals surface area contributed by atoms with Crippen molar-refractivity contribution in [3.63, 3.8) is 0 Å². The van der Waals surface area contributed by atoms with Crippen molar-refractivity contribution < 1.29 is 9.05 Å². The molecule has 0 saturated heterocycles. The molecule has 1 aliphatic carbocycles. The van der Waals surface area contributed by atoms with Crippen LogP contribution in [0.1, 0.15) is 32.1 Å². The van der Waals surface area contributed by atoms with Crippen molar-refractivity contribution in [2.75, 3.05) is 0 Å². The third-order valence-corrected chi connectivity index (χ3v) is 3.21. The van der Waals surface area contributed by atoms with Gasteiger partial charge in [-0.15, -0.1) is 0 Å². The van der Waals surface area contributed by atoms with Crippen molar-refractivity contribution in [1.82, 2.24) is 15.3 Å². The molecule has 0 fully saturated rings. The summed E-state index contributed by atoms with van der Waals surface area (Å²) in [5, 5.41) is 7.74. The van der Waals surface area contributed by atoms with Gasteiger partial charge in [0.15, 0.2) is 5.69 Å². The van der Waals surface area contributed by atoms with Crippen LogP contribution in [0.4, 0.5) is 0 Å². The summed E-state index contributed by atoms with van der Waals surface area (Å²) < 4.78 is 10.1. The first kappa shape index (κ1) is 10.3. The summed E-state index contributed by atoms with van der Waals surface area (Å²) in [6.45, 7) is 2.15. The first-order chi connectivity index (χ1) is 8.28. The molecule has 2 aromatic heterocycles. The van der Waals surface area contributed by atoms with Gasteiger partial charge in [0.25, 0.3) is 0 Å². The number of hydrogen-bond donors (Lipinski definition) is 0. The van der Waals surface area contributed by atoms with Gasteiger partial charge in [-0.25, -0.2) is 0 Å². The second-order valence-electron chi connectivity index (χ2n) is 4.58. The van der Waals surface area contributed by atoms with Gasteiger partial charge < -0.3 is 9.05 Å². The lowest BCUT2D eigenvalue weighted by Crippen LogP contribution is -2.23. The van der Waals surface area contributed by atoms with Gasteiger partial charge in [-0.3, -0.25) is 0 Å². The fourth-order valence-corrected chi connectivity index (χ4v) is 2.06. The molecule has 88 valence electrons. The van der Waals surface area contributed by atoms with E-state index in [9.17, 15) is 0 Å². The summed E-state index contributed by atoms with van der Waals surface area (Å²) in [4.78, 5) is 4.41. The molecule has 1 aliphatic rings. The van der Waals surface area contributed by atoms with Gasteiger partial charge in [0.1, 0.15) is 6.26 Å². The van der Waals surface area contributed by atoms with Gasteiger partial charge >= 0.3 is 0 Å². The van der Waals surface area contributed by atoms with Gasteiger partial charge in [0, 0.05) is 6.07 Å². The predicted molar refractivity (Wildman–Crippen MR) is 60.1 cm³/mol. The van der Waals surface area contributed by atoms with Gasteiger partial charge in [-0.1, -0.05) is 29.4 Å². The van der Waals surface area contributed by atoms with Crippen molar-refractivity contribution >= 4 is 0 Å². The second kappa shape index (κ2) is 3.84. The normalized spacial score (nSPS) is 24.1. The lowest BCUT2D eigenvalue weighted by molar-refractivity contribution is 0.277. The van der Waals surface area contributed by atoms with Gasteiger partial charge in [0.2, 0.25) is 11.7 Å². The van der Waals surface area contributed by atoms with E-state index in [0.717, 1.165) is 19.3 Å². The number of rotatable bonds is 2. The van der Waals surface area contributed by atoms with E-state index >= 15 is 0 Å². The summed E-state index contributed by atoms with van der Waals surface area (Å²) in [7, 11) is 0. The number of hydrogen-bond acceptors (Lipinski definition) is 5. The first-order valence-corrected chi connectivity index (χ1v) is 5.68. The average Bonchev–Trinajstić information content (AvgIpc) is 3.01. The van der Waals surface area contributed by atoms with Crippen LogP contribution in [0.2, 0.25) is 0 Å². The molecule has 2 heterocycles. The van der Waals surface area contributed by atoms with Gasteiger partial charge in [0.05, 0.1) is 5.41 Å². The van der Waals surface area contributed by atoms with E-state index in [4.69, 9.17) is 9.05 Å². The Balaban J connectivity index is 1.92. The minimum absolute atomic E-state index is 0.0518. The number of nitrogens with zero attached hydrogens (tertiary/aromatic N) is 3. The Kier molecular flexibility index (Phi) is 2.31. The summed E-state index contributed by atoms with van der Waals surface area (Å²) in [6, 6.07) is 1.72. The van der Waals surface area contributed by atoms with Crippen molar-refractivity contribution in [2.24, 2.45) is 0 Å². The van der Waals surface area contributed by atoms with Gasteiger partial charge in [-0.05, 0) is 19.3 Å². The zero-order valence-electron chi connectivity index (χ0n) is 9.59. The van der Waals surface area contributed by atoms with E-state index in [1.54, 1.807) is 6.07 Å². The van der Waals surface area contributed by atoms with E-state index in [2.05, 4.69) is 34.4 Å². The Morgan fingerprint density at radius 3 is 2.94 bits per heavy atom. The molecule has 5 heteroatoms. The van der Waals surface area contributed by atoms with Crippen LogP contribution in [0, 0.1) is 0 Å². The SMILES string of the molecule is CC1(c2nc(-c3ccon3)no2)CC=CCC1. The molecule has 0 amide bonds. The van der Waals surface area contributed by atoms with Crippen LogP contribution in [0.25, 0.3) is 11.5 Å². The quantitative estimate of drug-likeness (QED) is 0.743. The second-order valence-corrected chi connectivity index (χ2v) is 4.58. The summed E-state index contributed by atoms with van der Waals surface area (Å²) in [6.07, 6.45) is 8.88. The predicted octanol–water partition coefficient (Wildman–Crippen LogP) is 2.72. The Bertz CT molecular complexity index is 530. The van der Waals surface area contributed by atoms with Crippen LogP contribution in [0.5, 0.6) is 0 Å². The monoisotopic (exact) mass is 231 g/mol. The van der Waals surface area contributed by atoms with Crippen molar-refractivity contribution in [1.29, 1.82) is 0 Å². The van der Waals surface area contributed by atoms with Crippen LogP contribution >= 0.6 is 0 Å². The molecule has 3 rings (SSSR count). The molecule has 1 unspecified atom stereocenters. The van der Waals surface area contributed by atoms with Crippen molar-refractivity contribution in [3.05, 3.63) is 30.4 Å². The van der Waals surface area contributed by atoms with Crippen LogP contribution in [-0.4, -0.2) is 15.3 Å². The molecule has 2 aromatic rings. The largest absolute Gasteiger partial charge is 0.364 e. The summed E-state index contributed by atoms with van der Waals surface area (Å²) in [5.41, 5.74) is 0.555. The van der Waals surface area contributed by atoms with Crippen molar-refractivity contribution in [3.8, 4) is 11.5 Å². The molecule has 0 bridgehead atoms. The highest BCUT2D eigenvalue weighted by Gasteiger charge is 2.33. The summed E-state index contributed by atoms with van der Waals surface area (Å²) in [5.74, 6) is 1.17. The molecule has 5 nitrogen and oxygen atoms in total. The van der Waals surface area contributed by atoms with Crippen molar-refractivity contribution in [2.45, 2.75) is 31.6 Å². The van der Waals surface area contributed by atoms with E-state index in [1.807, 2.05) is 0 Å². The average molecular weight is 231 g/mol. The van der Waals surface area contributed by atoms with E-state index in [-0.39, 0.29) is 5.41 Å². The zero-order chi connectivity index (χ0) is 11.7. The smallest absolute Gasteiger partial charge is 0.233 e. The highest BCUT2D eigenvalue weighted by Crippen LogP contribution is 2.35. The maximum Gasteiger partial charge on any atom is 0.233 e. The maximum atomic E-state index is 5.35. The van der Waals surface area contributed by atoms with E-state index in [0.29, 0.717) is 17.4 Å². The molecular formula is C12H13N3O2. The molecule has 0 radical (unpaired) electrons. The molecule has 0 aliphatic heterocycles. The van der Waals surface area contributed by atoms with Crippen LogP contribution < -0.4 is 0 Å². The Morgan fingerprint density at radius 1 is 1.29 bits per heavy atom. The lowest BCUT2D eigenvalue weighted by Gasteiger charge is -2.25. The minimum Gasteiger partial charge on any atom is -0.364 e. The Labute approximate surface area is 98.5 Å². The molecule has 0 saturated carbocycles. The highest BCUT2D eigenvalue weighted by atomic mass is 16.5. The minimum atomic E-state index is -0.0518. The fourth-order valence-electron chi connectivity index (χ4n) is 2.06.